The molecule has 1 atom stereocenters. The fraction of sp³-hybridized carbons (Fsp3) is 0.800. The standard InChI is InChI=1S/C5H7F2NO/c1-3-2-5(6,7)4(9)8-3/h3H,2H2,1H3,(H,8,9)/t3-/m0/s1. The predicted octanol–water partition coefficient (Wildman–Crippen LogP) is 0.530. The van der Waals surface area contributed by atoms with Crippen molar-refractivity contribution in [2.24, 2.45) is 0 Å². The molecule has 0 saturated carbocycles. The molecule has 0 aromatic carbocycles. The van der Waals surface area contributed by atoms with Crippen molar-refractivity contribution in [2.45, 2.75) is 25.3 Å². The largest absolute Gasteiger partial charge is 0.348 e. The molecule has 1 fully saturated rings. The Morgan fingerprint density at radius 3 is 2.44 bits per heavy atom. The van der Waals surface area contributed by atoms with Crippen LogP contribution in [0.2, 0.25) is 0 Å². The van der Waals surface area contributed by atoms with E-state index in [-0.39, 0.29) is 12.5 Å². The van der Waals surface area contributed by atoms with Gasteiger partial charge >= 0.3 is 5.92 Å². The van der Waals surface area contributed by atoms with Gasteiger partial charge < -0.3 is 5.32 Å². The van der Waals surface area contributed by atoms with Gasteiger partial charge in [-0.1, -0.05) is 0 Å². The molecule has 0 aromatic heterocycles. The Morgan fingerprint density at radius 1 is 1.78 bits per heavy atom. The topological polar surface area (TPSA) is 29.1 Å². The molecule has 1 rings (SSSR count). The number of carbonyl (C=O) groups is 1. The maximum absolute atomic E-state index is 12.2. The molecule has 0 bridgehead atoms. The fourth-order valence-corrected chi connectivity index (χ4v) is 0.858. The lowest BCUT2D eigenvalue weighted by Gasteiger charge is -2.00. The summed E-state index contributed by atoms with van der Waals surface area (Å²) in [7, 11) is 0. The van der Waals surface area contributed by atoms with Crippen LogP contribution >= 0.6 is 0 Å². The van der Waals surface area contributed by atoms with E-state index in [1.54, 1.807) is 6.92 Å². The van der Waals surface area contributed by atoms with Crippen molar-refractivity contribution in [1.29, 1.82) is 0 Å². The van der Waals surface area contributed by atoms with E-state index in [4.69, 9.17) is 0 Å². The van der Waals surface area contributed by atoms with E-state index in [2.05, 4.69) is 5.32 Å². The first-order valence-corrected chi connectivity index (χ1v) is 2.71. The molecular weight excluding hydrogens is 128 g/mol. The Balaban J connectivity index is 2.70. The highest BCUT2D eigenvalue weighted by Gasteiger charge is 2.46. The minimum Gasteiger partial charge on any atom is -0.348 e. The van der Waals surface area contributed by atoms with Crippen LogP contribution in [0.3, 0.4) is 0 Å². The minimum atomic E-state index is -3.13. The van der Waals surface area contributed by atoms with Gasteiger partial charge in [-0.05, 0) is 6.92 Å². The van der Waals surface area contributed by atoms with Gasteiger partial charge in [-0.15, -0.1) is 0 Å². The van der Waals surface area contributed by atoms with Crippen LogP contribution in [0.25, 0.3) is 0 Å². The van der Waals surface area contributed by atoms with Gasteiger partial charge in [0.05, 0.1) is 0 Å². The summed E-state index contributed by atoms with van der Waals surface area (Å²) in [6.07, 6.45) is -0.369. The number of nitrogens with one attached hydrogen (secondary N) is 1. The normalized spacial score (nSPS) is 32.3. The van der Waals surface area contributed by atoms with Crippen LogP contribution < -0.4 is 5.32 Å². The molecule has 0 unspecified atom stereocenters. The Bertz CT molecular complexity index is 146. The first kappa shape index (κ1) is 6.45. The zero-order chi connectivity index (χ0) is 7.07. The van der Waals surface area contributed by atoms with Crippen LogP contribution in [-0.2, 0) is 4.79 Å². The molecule has 1 heterocycles. The Kier molecular flexibility index (Phi) is 1.18. The maximum atomic E-state index is 12.2. The van der Waals surface area contributed by atoms with Crippen LogP contribution in [0.15, 0.2) is 0 Å². The van der Waals surface area contributed by atoms with Gasteiger partial charge in [0.1, 0.15) is 0 Å². The fourth-order valence-electron chi connectivity index (χ4n) is 0.858. The van der Waals surface area contributed by atoms with E-state index in [0.717, 1.165) is 0 Å². The van der Waals surface area contributed by atoms with E-state index < -0.39 is 11.8 Å². The second-order valence-corrected chi connectivity index (χ2v) is 2.28. The monoisotopic (exact) mass is 135 g/mol. The molecule has 1 N–H and O–H groups in total. The van der Waals surface area contributed by atoms with Gasteiger partial charge in [0.15, 0.2) is 0 Å². The number of hydrogen-bond donors (Lipinski definition) is 1. The summed E-state index contributed by atoms with van der Waals surface area (Å²) in [6, 6.07) is -0.382. The summed E-state index contributed by atoms with van der Waals surface area (Å²) in [5.74, 6) is -4.27. The highest BCUT2D eigenvalue weighted by Crippen LogP contribution is 2.25. The van der Waals surface area contributed by atoms with Gasteiger partial charge in [0.25, 0.3) is 5.91 Å². The summed E-state index contributed by atoms with van der Waals surface area (Å²) >= 11 is 0. The maximum Gasteiger partial charge on any atom is 0.326 e. The zero-order valence-electron chi connectivity index (χ0n) is 4.95. The second-order valence-electron chi connectivity index (χ2n) is 2.28. The minimum absolute atomic E-state index is 0.369. The summed E-state index contributed by atoms with van der Waals surface area (Å²) in [6.45, 7) is 1.55. The van der Waals surface area contributed by atoms with Crippen molar-refractivity contribution < 1.29 is 13.6 Å². The van der Waals surface area contributed by atoms with Gasteiger partial charge in [-0.3, -0.25) is 4.79 Å². The second kappa shape index (κ2) is 1.65. The average molecular weight is 135 g/mol. The molecule has 52 valence electrons. The predicted molar refractivity (Wildman–Crippen MR) is 27.2 cm³/mol. The third-order valence-corrected chi connectivity index (χ3v) is 1.27. The number of alkyl halides is 2. The van der Waals surface area contributed by atoms with Gasteiger partial charge in [0, 0.05) is 12.5 Å². The number of halogens is 2. The summed E-state index contributed by atoms with van der Waals surface area (Å²) < 4.78 is 24.4. The Hall–Kier alpha value is -0.670. The van der Waals surface area contributed by atoms with Gasteiger partial charge in [-0.2, -0.15) is 8.78 Å². The molecule has 1 amide bonds. The molecule has 4 heteroatoms. The molecule has 0 spiro atoms. The molecule has 2 nitrogen and oxygen atoms in total. The third kappa shape index (κ3) is 1.01. The lowest BCUT2D eigenvalue weighted by atomic mass is 10.2. The average Bonchev–Trinajstić information content (AvgIpc) is 1.79. The molecule has 1 aliphatic heterocycles. The molecule has 9 heavy (non-hydrogen) atoms. The molecule has 0 aromatic rings. The van der Waals surface area contributed by atoms with Crippen LogP contribution in [0.4, 0.5) is 8.78 Å². The Labute approximate surface area is 51.2 Å². The molecule has 1 aliphatic rings. The first-order chi connectivity index (χ1) is 4.02. The summed E-state index contributed by atoms with van der Waals surface area (Å²) in [5.41, 5.74) is 0. The van der Waals surface area contributed by atoms with Crippen molar-refractivity contribution in [3.63, 3.8) is 0 Å². The van der Waals surface area contributed by atoms with Crippen molar-refractivity contribution in [2.75, 3.05) is 0 Å². The zero-order valence-corrected chi connectivity index (χ0v) is 4.95. The Morgan fingerprint density at radius 2 is 2.33 bits per heavy atom. The lowest BCUT2D eigenvalue weighted by Crippen LogP contribution is -2.29. The summed E-state index contributed by atoms with van der Waals surface area (Å²) in [5, 5.41) is 2.12. The van der Waals surface area contributed by atoms with Crippen molar-refractivity contribution in [3.8, 4) is 0 Å². The number of hydrogen-bond acceptors (Lipinski definition) is 1. The van der Waals surface area contributed by atoms with E-state index in [1.807, 2.05) is 0 Å². The van der Waals surface area contributed by atoms with E-state index in [1.165, 1.54) is 0 Å². The SMILES string of the molecule is C[C@H]1CC(F)(F)C(=O)N1. The van der Waals surface area contributed by atoms with Crippen molar-refractivity contribution in [3.05, 3.63) is 0 Å². The highest BCUT2D eigenvalue weighted by molar-refractivity contribution is 5.85. The molecule has 0 aliphatic carbocycles. The lowest BCUT2D eigenvalue weighted by molar-refractivity contribution is -0.139. The smallest absolute Gasteiger partial charge is 0.326 e. The number of amides is 1. The summed E-state index contributed by atoms with van der Waals surface area (Å²) in [4.78, 5) is 10.2. The van der Waals surface area contributed by atoms with Crippen LogP contribution in [0.5, 0.6) is 0 Å². The van der Waals surface area contributed by atoms with E-state index >= 15 is 0 Å². The first-order valence-electron chi connectivity index (χ1n) is 2.71. The molecule has 0 radical (unpaired) electrons. The van der Waals surface area contributed by atoms with Gasteiger partial charge in [-0.25, -0.2) is 0 Å². The van der Waals surface area contributed by atoms with E-state index in [0.29, 0.717) is 0 Å². The van der Waals surface area contributed by atoms with Crippen LogP contribution in [0.1, 0.15) is 13.3 Å². The van der Waals surface area contributed by atoms with Crippen LogP contribution in [0, 0.1) is 0 Å². The number of rotatable bonds is 0. The van der Waals surface area contributed by atoms with E-state index in [9.17, 15) is 13.6 Å². The highest BCUT2D eigenvalue weighted by atomic mass is 19.3. The molecular formula is C5H7F2NO. The quantitative estimate of drug-likeness (QED) is 0.515. The van der Waals surface area contributed by atoms with Crippen molar-refractivity contribution >= 4 is 5.91 Å². The molecule has 1 saturated heterocycles. The number of carbonyl (C=O) groups excluding carboxylic acids is 1. The third-order valence-electron chi connectivity index (χ3n) is 1.27. The van der Waals surface area contributed by atoms with Gasteiger partial charge in [0.2, 0.25) is 0 Å². The van der Waals surface area contributed by atoms with Crippen molar-refractivity contribution in [1.82, 2.24) is 5.32 Å². The van der Waals surface area contributed by atoms with Crippen LogP contribution in [-0.4, -0.2) is 17.9 Å².